The van der Waals surface area contributed by atoms with Crippen molar-refractivity contribution in [2.24, 2.45) is 12.5 Å². The topological polar surface area (TPSA) is 76.0 Å². The fourth-order valence-corrected chi connectivity index (χ4v) is 5.84. The van der Waals surface area contributed by atoms with Crippen molar-refractivity contribution in [1.82, 2.24) is 24.9 Å². The second-order valence-electron chi connectivity index (χ2n) is 12.7. The molecule has 7 nitrogen and oxygen atoms in total. The van der Waals surface area contributed by atoms with Gasteiger partial charge in [0.05, 0.1) is 11.4 Å². The van der Waals surface area contributed by atoms with Crippen molar-refractivity contribution in [3.8, 4) is 22.6 Å². The van der Waals surface area contributed by atoms with Gasteiger partial charge in [-0.05, 0) is 88.3 Å². The number of carbonyl (C=O) groups is 1. The van der Waals surface area contributed by atoms with Gasteiger partial charge in [0.2, 0.25) is 0 Å². The molecule has 0 atom stereocenters. The van der Waals surface area contributed by atoms with Gasteiger partial charge in [-0.15, -0.1) is 0 Å². The van der Waals surface area contributed by atoms with Gasteiger partial charge in [0.1, 0.15) is 11.3 Å². The standard InChI is InChI=1S/C30H41N5O2/c1-19-16-21(20-11-14-35(15-12-20)28(36)37-29(2,3)4)8-9-22(19)24-17-25(32-31-24)27-23-10-13-30(5,6)18-26(23)34(7)33-27/h8-9,16-17,20H,10-15,18H2,1-7H3,(H,31,32). The van der Waals surface area contributed by atoms with Gasteiger partial charge in [0.25, 0.3) is 0 Å². The van der Waals surface area contributed by atoms with E-state index < -0.39 is 5.60 Å². The van der Waals surface area contributed by atoms with Crippen LogP contribution in [0.1, 0.15) is 82.2 Å². The van der Waals surface area contributed by atoms with Crippen LogP contribution in [-0.4, -0.2) is 49.7 Å². The summed E-state index contributed by atoms with van der Waals surface area (Å²) < 4.78 is 7.60. The van der Waals surface area contributed by atoms with Gasteiger partial charge in [0.15, 0.2) is 0 Å². The van der Waals surface area contributed by atoms with Crippen molar-refractivity contribution in [2.75, 3.05) is 13.1 Å². The fourth-order valence-electron chi connectivity index (χ4n) is 5.84. The molecule has 0 saturated carbocycles. The zero-order chi connectivity index (χ0) is 26.5. The van der Waals surface area contributed by atoms with Crippen LogP contribution in [-0.2, 0) is 24.6 Å². The summed E-state index contributed by atoms with van der Waals surface area (Å²) in [5, 5.41) is 12.8. The number of hydrogen-bond acceptors (Lipinski definition) is 4. The number of hydrogen-bond donors (Lipinski definition) is 1. The highest BCUT2D eigenvalue weighted by Crippen LogP contribution is 2.39. The van der Waals surface area contributed by atoms with Crippen molar-refractivity contribution in [1.29, 1.82) is 0 Å². The summed E-state index contributed by atoms with van der Waals surface area (Å²) in [5.41, 5.74) is 9.25. The predicted molar refractivity (Wildman–Crippen MR) is 147 cm³/mol. The number of piperidine rings is 1. The molecule has 198 valence electrons. The number of nitrogens with one attached hydrogen (secondary N) is 1. The number of benzene rings is 1. The highest BCUT2D eigenvalue weighted by molar-refractivity contribution is 5.71. The Morgan fingerprint density at radius 1 is 1.16 bits per heavy atom. The molecule has 37 heavy (non-hydrogen) atoms. The molecular formula is C30H41N5O2. The molecule has 0 bridgehead atoms. The van der Waals surface area contributed by atoms with Crippen molar-refractivity contribution in [3.63, 3.8) is 0 Å². The van der Waals surface area contributed by atoms with E-state index in [9.17, 15) is 4.79 Å². The molecule has 1 N–H and O–H groups in total. The van der Waals surface area contributed by atoms with E-state index in [0.717, 1.165) is 61.4 Å². The first-order chi connectivity index (χ1) is 17.4. The zero-order valence-electron chi connectivity index (χ0n) is 23.4. The van der Waals surface area contributed by atoms with Crippen LogP contribution < -0.4 is 0 Å². The third kappa shape index (κ3) is 5.32. The van der Waals surface area contributed by atoms with Crippen LogP contribution in [0.5, 0.6) is 0 Å². The summed E-state index contributed by atoms with van der Waals surface area (Å²) in [6.45, 7) is 14.0. The van der Waals surface area contributed by atoms with Gasteiger partial charge in [-0.25, -0.2) is 4.79 Å². The average molecular weight is 504 g/mol. The van der Waals surface area contributed by atoms with E-state index in [1.807, 2.05) is 25.7 Å². The normalized spacial score (nSPS) is 18.1. The molecule has 0 spiro atoms. The molecule has 0 radical (unpaired) electrons. The fraction of sp³-hybridized carbons (Fsp3) is 0.567. The molecule has 1 aliphatic heterocycles. The first-order valence-corrected chi connectivity index (χ1v) is 13.6. The number of aromatic amines is 1. The maximum Gasteiger partial charge on any atom is 0.410 e. The highest BCUT2D eigenvalue weighted by atomic mass is 16.6. The Hall–Kier alpha value is -3.09. The quantitative estimate of drug-likeness (QED) is 0.448. The highest BCUT2D eigenvalue weighted by Gasteiger charge is 2.31. The third-order valence-electron chi connectivity index (χ3n) is 7.95. The minimum atomic E-state index is -0.458. The Balaban J connectivity index is 1.29. The summed E-state index contributed by atoms with van der Waals surface area (Å²) in [6, 6.07) is 8.86. The van der Waals surface area contributed by atoms with Crippen molar-refractivity contribution in [2.45, 2.75) is 85.2 Å². The summed E-state index contributed by atoms with van der Waals surface area (Å²) in [7, 11) is 2.06. The maximum atomic E-state index is 12.4. The number of rotatable bonds is 3. The predicted octanol–water partition coefficient (Wildman–Crippen LogP) is 6.42. The molecule has 3 heterocycles. The Morgan fingerprint density at radius 2 is 1.89 bits per heavy atom. The van der Waals surface area contributed by atoms with Crippen molar-refractivity contribution in [3.05, 3.63) is 46.6 Å². The molecule has 2 aliphatic rings. The van der Waals surface area contributed by atoms with Crippen molar-refractivity contribution >= 4 is 6.09 Å². The van der Waals surface area contributed by atoms with Gasteiger partial charge in [-0.2, -0.15) is 10.2 Å². The maximum absolute atomic E-state index is 12.4. The van der Waals surface area contributed by atoms with E-state index in [4.69, 9.17) is 9.84 Å². The lowest BCUT2D eigenvalue weighted by Gasteiger charge is -2.33. The number of aromatic nitrogens is 4. The minimum absolute atomic E-state index is 0.204. The van der Waals surface area contributed by atoms with Crippen LogP contribution in [0.4, 0.5) is 4.79 Å². The smallest absolute Gasteiger partial charge is 0.410 e. The molecule has 3 aromatic rings. The van der Waals surface area contributed by atoms with E-state index >= 15 is 0 Å². The number of likely N-dealkylation sites (tertiary alicyclic amines) is 1. The molecule has 5 rings (SSSR count). The van der Waals surface area contributed by atoms with Crippen LogP contribution in [0, 0.1) is 12.3 Å². The lowest BCUT2D eigenvalue weighted by molar-refractivity contribution is 0.0205. The van der Waals surface area contributed by atoms with Crippen molar-refractivity contribution < 1.29 is 9.53 Å². The Morgan fingerprint density at radius 3 is 2.57 bits per heavy atom. The van der Waals surface area contributed by atoms with Crippen LogP contribution in [0.15, 0.2) is 24.3 Å². The Bertz CT molecular complexity index is 1300. The number of fused-ring (bicyclic) bond motifs is 1. The van der Waals surface area contributed by atoms with Gasteiger partial charge in [-0.3, -0.25) is 9.78 Å². The number of aryl methyl sites for hydroxylation is 2. The molecule has 1 amide bonds. The average Bonchev–Trinajstić information content (AvgIpc) is 3.42. The number of amides is 1. The van der Waals surface area contributed by atoms with E-state index in [0.29, 0.717) is 11.3 Å². The van der Waals surface area contributed by atoms with Crippen LogP contribution in [0.3, 0.4) is 0 Å². The summed E-state index contributed by atoms with van der Waals surface area (Å²) >= 11 is 0. The molecule has 2 aromatic heterocycles. The van der Waals surface area contributed by atoms with Gasteiger partial charge >= 0.3 is 6.09 Å². The van der Waals surface area contributed by atoms with Gasteiger partial charge < -0.3 is 9.64 Å². The number of nitrogens with zero attached hydrogens (tertiary/aromatic N) is 4. The Labute approximate surface area is 220 Å². The molecular weight excluding hydrogens is 462 g/mol. The first kappa shape index (κ1) is 25.6. The van der Waals surface area contributed by atoms with Gasteiger partial charge in [0, 0.05) is 37.0 Å². The molecule has 1 aliphatic carbocycles. The molecule has 1 saturated heterocycles. The molecule has 1 fully saturated rings. The second-order valence-corrected chi connectivity index (χ2v) is 12.7. The molecule has 0 unspecified atom stereocenters. The second kappa shape index (κ2) is 9.34. The number of ether oxygens (including phenoxy) is 1. The van der Waals surface area contributed by atoms with Crippen LogP contribution in [0.25, 0.3) is 22.6 Å². The van der Waals surface area contributed by atoms with E-state index in [-0.39, 0.29) is 6.09 Å². The third-order valence-corrected chi connectivity index (χ3v) is 7.95. The summed E-state index contributed by atoms with van der Waals surface area (Å²) in [5.74, 6) is 0.450. The summed E-state index contributed by atoms with van der Waals surface area (Å²) in [6.07, 6.45) is 4.99. The largest absolute Gasteiger partial charge is 0.444 e. The lowest BCUT2D eigenvalue weighted by atomic mass is 9.76. The monoisotopic (exact) mass is 503 g/mol. The number of H-pyrrole nitrogens is 1. The van der Waals surface area contributed by atoms with Crippen LogP contribution in [0.2, 0.25) is 0 Å². The minimum Gasteiger partial charge on any atom is -0.444 e. The summed E-state index contributed by atoms with van der Waals surface area (Å²) in [4.78, 5) is 14.3. The van der Waals surface area contributed by atoms with E-state index in [1.165, 1.54) is 28.8 Å². The number of carbonyl (C=O) groups excluding carboxylic acids is 1. The SMILES string of the molecule is Cc1cc(C2CCN(C(=O)OC(C)(C)C)CC2)ccc1-c1cc(-c2nn(C)c3c2CCC(C)(C)C3)[nH]n1. The first-order valence-electron chi connectivity index (χ1n) is 13.6. The van der Waals surface area contributed by atoms with Gasteiger partial charge in [-0.1, -0.05) is 32.0 Å². The van der Waals surface area contributed by atoms with Crippen LogP contribution >= 0.6 is 0 Å². The zero-order valence-corrected chi connectivity index (χ0v) is 23.4. The van der Waals surface area contributed by atoms with E-state index in [1.54, 1.807) is 0 Å². The Kier molecular flexibility index (Phi) is 6.45. The lowest BCUT2D eigenvalue weighted by Crippen LogP contribution is -2.41. The van der Waals surface area contributed by atoms with E-state index in [2.05, 4.69) is 67.0 Å². The molecule has 7 heteroatoms. The molecule has 1 aromatic carbocycles.